The molecule has 0 saturated heterocycles. The Hall–Kier alpha value is -2.95. The molecule has 1 aliphatic rings. The van der Waals surface area contributed by atoms with E-state index in [-0.39, 0.29) is 17.7 Å². The number of hydrogen-bond acceptors (Lipinski definition) is 3. The predicted molar refractivity (Wildman–Crippen MR) is 83.1 cm³/mol. The lowest BCUT2D eigenvalue weighted by Gasteiger charge is -2.18. The molecule has 5 heteroatoms. The van der Waals surface area contributed by atoms with Crippen LogP contribution in [0.4, 0.5) is 11.4 Å². The van der Waals surface area contributed by atoms with Crippen molar-refractivity contribution in [3.8, 4) is 0 Å². The number of fused-ring (bicyclic) bond motifs is 1. The number of nitrogens with one attached hydrogen (secondary N) is 1. The minimum atomic E-state index is -0.379. The predicted octanol–water partition coefficient (Wildman–Crippen LogP) is 2.75. The second kappa shape index (κ2) is 5.11. The van der Waals surface area contributed by atoms with Crippen LogP contribution in [-0.2, 0) is 4.79 Å². The molecule has 2 aromatic rings. The Bertz CT molecular complexity index is 776. The Morgan fingerprint density at radius 1 is 1.00 bits per heavy atom. The number of aryl methyl sites for hydroxylation is 1. The Morgan fingerprint density at radius 2 is 1.59 bits per heavy atom. The first-order valence-corrected chi connectivity index (χ1v) is 6.85. The van der Waals surface area contributed by atoms with Crippen molar-refractivity contribution in [3.63, 3.8) is 0 Å². The van der Waals surface area contributed by atoms with Gasteiger partial charge in [0.05, 0.1) is 22.5 Å². The zero-order valence-corrected chi connectivity index (χ0v) is 12.2. The normalized spacial score (nSPS) is 13.3. The minimum Gasteiger partial charge on any atom is -0.325 e. The molecule has 1 aliphatic heterocycles. The van der Waals surface area contributed by atoms with Gasteiger partial charge in [0.2, 0.25) is 5.91 Å². The van der Waals surface area contributed by atoms with Crippen molar-refractivity contribution in [1.82, 2.24) is 0 Å². The lowest BCUT2D eigenvalue weighted by Crippen LogP contribution is -2.30. The summed E-state index contributed by atoms with van der Waals surface area (Å²) in [6.45, 7) is 3.26. The van der Waals surface area contributed by atoms with Gasteiger partial charge in [-0.25, -0.2) is 4.90 Å². The molecule has 22 heavy (non-hydrogen) atoms. The fraction of sp³-hybridized carbons (Fsp3) is 0.118. The summed E-state index contributed by atoms with van der Waals surface area (Å²) in [5, 5.41) is 2.67. The van der Waals surface area contributed by atoms with Gasteiger partial charge in [0, 0.05) is 6.92 Å². The number of benzene rings is 2. The van der Waals surface area contributed by atoms with Crippen LogP contribution in [0.25, 0.3) is 0 Å². The summed E-state index contributed by atoms with van der Waals surface area (Å²) in [5.41, 5.74) is 2.50. The van der Waals surface area contributed by atoms with Crippen LogP contribution in [0.3, 0.4) is 0 Å². The van der Waals surface area contributed by atoms with E-state index in [1.165, 1.54) is 6.92 Å². The highest BCUT2D eigenvalue weighted by molar-refractivity contribution is 6.35. The second-order valence-corrected chi connectivity index (χ2v) is 5.19. The molecule has 2 aromatic carbocycles. The highest BCUT2D eigenvalue weighted by Gasteiger charge is 2.37. The van der Waals surface area contributed by atoms with Crippen molar-refractivity contribution in [2.45, 2.75) is 13.8 Å². The molecular weight excluding hydrogens is 280 g/mol. The van der Waals surface area contributed by atoms with Gasteiger partial charge in [-0.1, -0.05) is 18.2 Å². The van der Waals surface area contributed by atoms with Crippen LogP contribution in [0.1, 0.15) is 33.2 Å². The zero-order valence-electron chi connectivity index (χ0n) is 12.2. The molecule has 0 saturated carbocycles. The van der Waals surface area contributed by atoms with Gasteiger partial charge >= 0.3 is 0 Å². The Balaban J connectivity index is 2.12. The number of carbonyl (C=O) groups is 3. The van der Waals surface area contributed by atoms with Crippen molar-refractivity contribution < 1.29 is 14.4 Å². The van der Waals surface area contributed by atoms with Crippen LogP contribution >= 0.6 is 0 Å². The van der Waals surface area contributed by atoms with Crippen LogP contribution in [0, 0.1) is 6.92 Å². The minimum absolute atomic E-state index is 0.261. The van der Waals surface area contributed by atoms with Gasteiger partial charge in [0.15, 0.2) is 0 Å². The molecule has 0 fully saturated rings. The first kappa shape index (κ1) is 14.0. The highest BCUT2D eigenvalue weighted by Crippen LogP contribution is 2.34. The molecule has 5 nitrogen and oxygen atoms in total. The summed E-state index contributed by atoms with van der Waals surface area (Å²) in [6.07, 6.45) is 0. The van der Waals surface area contributed by atoms with Crippen LogP contribution in [-0.4, -0.2) is 17.7 Å². The van der Waals surface area contributed by atoms with Crippen LogP contribution < -0.4 is 10.2 Å². The maximum Gasteiger partial charge on any atom is 0.266 e. The van der Waals surface area contributed by atoms with Gasteiger partial charge < -0.3 is 5.32 Å². The van der Waals surface area contributed by atoms with E-state index in [4.69, 9.17) is 0 Å². The van der Waals surface area contributed by atoms with Gasteiger partial charge in [-0.3, -0.25) is 14.4 Å². The van der Waals surface area contributed by atoms with Crippen molar-refractivity contribution in [3.05, 3.63) is 59.2 Å². The van der Waals surface area contributed by atoms with E-state index in [1.54, 1.807) is 42.5 Å². The fourth-order valence-electron chi connectivity index (χ4n) is 2.54. The van der Waals surface area contributed by atoms with Crippen LogP contribution in [0.2, 0.25) is 0 Å². The van der Waals surface area contributed by atoms with Crippen LogP contribution in [0.15, 0.2) is 42.5 Å². The average molecular weight is 294 g/mol. The molecule has 1 heterocycles. The van der Waals surface area contributed by atoms with Crippen molar-refractivity contribution in [1.29, 1.82) is 0 Å². The van der Waals surface area contributed by atoms with E-state index in [2.05, 4.69) is 5.32 Å². The van der Waals surface area contributed by atoms with Gasteiger partial charge in [-0.05, 0) is 36.8 Å². The molecule has 0 bridgehead atoms. The lowest BCUT2D eigenvalue weighted by atomic mass is 10.1. The fourth-order valence-corrected chi connectivity index (χ4v) is 2.54. The van der Waals surface area contributed by atoms with Crippen molar-refractivity contribution in [2.75, 3.05) is 10.2 Å². The monoisotopic (exact) mass is 294 g/mol. The summed E-state index contributed by atoms with van der Waals surface area (Å²) in [4.78, 5) is 37.5. The highest BCUT2D eigenvalue weighted by atomic mass is 16.2. The summed E-state index contributed by atoms with van der Waals surface area (Å²) in [7, 11) is 0. The molecule has 0 spiro atoms. The van der Waals surface area contributed by atoms with Gasteiger partial charge in [0.1, 0.15) is 0 Å². The zero-order chi connectivity index (χ0) is 15.9. The van der Waals surface area contributed by atoms with Crippen LogP contribution in [0.5, 0.6) is 0 Å². The third-order valence-corrected chi connectivity index (χ3v) is 3.50. The molecule has 0 radical (unpaired) electrons. The summed E-state index contributed by atoms with van der Waals surface area (Å²) < 4.78 is 0. The number of anilines is 2. The van der Waals surface area contributed by atoms with E-state index < -0.39 is 0 Å². The number of carbonyl (C=O) groups excluding carboxylic acids is 3. The molecule has 1 N–H and O–H groups in total. The summed E-state index contributed by atoms with van der Waals surface area (Å²) in [6, 6.07) is 11.9. The Labute approximate surface area is 127 Å². The number of imide groups is 1. The van der Waals surface area contributed by atoms with Gasteiger partial charge in [-0.2, -0.15) is 0 Å². The van der Waals surface area contributed by atoms with Gasteiger partial charge in [0.25, 0.3) is 11.8 Å². The maximum atomic E-state index is 12.5. The van der Waals surface area contributed by atoms with Gasteiger partial charge in [-0.15, -0.1) is 0 Å². The standard InChI is InChI=1S/C17H14N2O3/c1-10-7-8-15(14(9-10)18-11(2)20)19-16(21)12-5-3-4-6-13(12)17(19)22/h3-9H,1-2H3,(H,18,20). The Morgan fingerprint density at radius 3 is 2.14 bits per heavy atom. The molecule has 3 amide bonds. The average Bonchev–Trinajstić information content (AvgIpc) is 2.72. The first-order chi connectivity index (χ1) is 10.5. The largest absolute Gasteiger partial charge is 0.325 e. The van der Waals surface area contributed by atoms with E-state index in [1.807, 2.05) is 6.92 Å². The second-order valence-electron chi connectivity index (χ2n) is 5.19. The topological polar surface area (TPSA) is 66.5 Å². The number of amides is 3. The molecular formula is C17H14N2O3. The third-order valence-electron chi connectivity index (χ3n) is 3.50. The molecule has 0 atom stereocenters. The number of nitrogens with zero attached hydrogens (tertiary/aromatic N) is 1. The summed E-state index contributed by atoms with van der Waals surface area (Å²) in [5.74, 6) is -1.02. The number of rotatable bonds is 2. The van der Waals surface area contributed by atoms with E-state index in [0.717, 1.165) is 10.5 Å². The van der Waals surface area contributed by atoms with E-state index in [9.17, 15) is 14.4 Å². The van der Waals surface area contributed by atoms with E-state index >= 15 is 0 Å². The molecule has 3 rings (SSSR count). The lowest BCUT2D eigenvalue weighted by molar-refractivity contribution is -0.114. The first-order valence-electron chi connectivity index (χ1n) is 6.85. The maximum absolute atomic E-state index is 12.5. The summed E-state index contributed by atoms with van der Waals surface area (Å²) >= 11 is 0. The Kier molecular flexibility index (Phi) is 3.25. The SMILES string of the molecule is CC(=O)Nc1cc(C)ccc1N1C(=O)c2ccccc2C1=O. The molecule has 0 aromatic heterocycles. The van der Waals surface area contributed by atoms with Crippen molar-refractivity contribution in [2.24, 2.45) is 0 Å². The van der Waals surface area contributed by atoms with E-state index in [0.29, 0.717) is 22.5 Å². The quantitative estimate of drug-likeness (QED) is 0.866. The third kappa shape index (κ3) is 2.16. The molecule has 0 unspecified atom stereocenters. The molecule has 110 valence electrons. The van der Waals surface area contributed by atoms with Crippen molar-refractivity contribution >= 4 is 29.1 Å². The number of hydrogen-bond donors (Lipinski definition) is 1. The smallest absolute Gasteiger partial charge is 0.266 e. The molecule has 0 aliphatic carbocycles.